The number of rotatable bonds is 4. The molecule has 0 amide bonds. The number of pyridine rings is 1. The number of aryl methyl sites for hydroxylation is 1. The molecule has 0 bridgehead atoms. The summed E-state index contributed by atoms with van der Waals surface area (Å²) < 4.78 is 5.58. The van der Waals surface area contributed by atoms with Crippen LogP contribution in [0.3, 0.4) is 0 Å². The third-order valence-electron chi connectivity index (χ3n) is 3.11. The monoisotopic (exact) mass is 216 g/mol. The summed E-state index contributed by atoms with van der Waals surface area (Å²) in [5, 5.41) is 8.91. The highest BCUT2D eigenvalue weighted by molar-refractivity contribution is 5.38. The molecule has 0 aromatic carbocycles. The quantitative estimate of drug-likeness (QED) is 0.777. The molecule has 1 aliphatic carbocycles. The summed E-state index contributed by atoms with van der Waals surface area (Å²) in [6, 6.07) is 5.70. The molecule has 1 aromatic heterocycles. The molecular formula is C13H16N2O. The fraction of sp³-hybridized carbons (Fsp3) is 0.538. The Morgan fingerprint density at radius 2 is 2.31 bits per heavy atom. The molecule has 0 atom stereocenters. The van der Waals surface area contributed by atoms with Crippen molar-refractivity contribution in [2.75, 3.05) is 6.61 Å². The van der Waals surface area contributed by atoms with Crippen LogP contribution in [0.4, 0.5) is 0 Å². The first-order valence-electron chi connectivity index (χ1n) is 5.80. The summed E-state index contributed by atoms with van der Waals surface area (Å²) in [5.74, 6) is 1.32. The van der Waals surface area contributed by atoms with Gasteiger partial charge in [-0.05, 0) is 31.4 Å². The van der Waals surface area contributed by atoms with Gasteiger partial charge < -0.3 is 4.74 Å². The van der Waals surface area contributed by atoms with Gasteiger partial charge in [-0.2, -0.15) is 5.26 Å². The molecule has 3 heteroatoms. The van der Waals surface area contributed by atoms with E-state index in [0.29, 0.717) is 18.1 Å². The van der Waals surface area contributed by atoms with E-state index in [9.17, 15) is 0 Å². The van der Waals surface area contributed by atoms with E-state index in [1.165, 1.54) is 19.3 Å². The first-order chi connectivity index (χ1) is 7.79. The van der Waals surface area contributed by atoms with Crippen LogP contribution in [0.15, 0.2) is 12.1 Å². The molecule has 2 rings (SSSR count). The number of nitriles is 1. The Morgan fingerprint density at radius 3 is 2.94 bits per heavy atom. The van der Waals surface area contributed by atoms with Crippen molar-refractivity contribution in [3.05, 3.63) is 23.4 Å². The van der Waals surface area contributed by atoms with Crippen molar-refractivity contribution in [1.29, 1.82) is 5.26 Å². The summed E-state index contributed by atoms with van der Waals surface area (Å²) in [6.07, 6.45) is 5.10. The van der Waals surface area contributed by atoms with Crippen molar-refractivity contribution in [3.8, 4) is 11.9 Å². The Labute approximate surface area is 96.1 Å². The van der Waals surface area contributed by atoms with Crippen molar-refractivity contribution in [2.45, 2.75) is 32.6 Å². The Kier molecular flexibility index (Phi) is 3.40. The molecule has 3 nitrogen and oxygen atoms in total. The molecule has 0 radical (unpaired) electrons. The maximum Gasteiger partial charge on any atom is 0.231 e. The summed E-state index contributed by atoms with van der Waals surface area (Å²) in [4.78, 5) is 4.24. The predicted octanol–water partition coefficient (Wildman–Crippen LogP) is 2.83. The van der Waals surface area contributed by atoms with E-state index >= 15 is 0 Å². The summed E-state index contributed by atoms with van der Waals surface area (Å²) in [6.45, 7) is 2.58. The first kappa shape index (κ1) is 10.9. The van der Waals surface area contributed by atoms with Crippen LogP contribution in [0, 0.1) is 24.2 Å². The highest BCUT2D eigenvalue weighted by Gasteiger charge is 2.17. The average Bonchev–Trinajstić information content (AvgIpc) is 2.22. The van der Waals surface area contributed by atoms with Gasteiger partial charge in [0, 0.05) is 5.69 Å². The van der Waals surface area contributed by atoms with E-state index in [0.717, 1.165) is 18.0 Å². The number of hydrogen-bond acceptors (Lipinski definition) is 3. The van der Waals surface area contributed by atoms with Crippen molar-refractivity contribution in [2.24, 2.45) is 5.92 Å². The number of ether oxygens (including phenoxy) is 1. The maximum atomic E-state index is 8.91. The van der Waals surface area contributed by atoms with Gasteiger partial charge in [0.2, 0.25) is 5.88 Å². The highest BCUT2D eigenvalue weighted by atomic mass is 16.5. The van der Waals surface area contributed by atoms with Crippen molar-refractivity contribution < 1.29 is 4.74 Å². The molecule has 0 aliphatic heterocycles. The van der Waals surface area contributed by atoms with E-state index in [2.05, 4.69) is 11.1 Å². The summed E-state index contributed by atoms with van der Waals surface area (Å²) >= 11 is 0. The lowest BCUT2D eigenvalue weighted by atomic mass is 9.83. The van der Waals surface area contributed by atoms with Gasteiger partial charge in [-0.15, -0.1) is 0 Å². The van der Waals surface area contributed by atoms with Gasteiger partial charge in [0.15, 0.2) is 0 Å². The molecule has 0 unspecified atom stereocenters. The Bertz CT molecular complexity index is 405. The van der Waals surface area contributed by atoms with Gasteiger partial charge in [-0.1, -0.05) is 19.3 Å². The second kappa shape index (κ2) is 4.98. The van der Waals surface area contributed by atoms with Crippen LogP contribution < -0.4 is 4.74 Å². The topological polar surface area (TPSA) is 45.9 Å². The average molecular weight is 216 g/mol. The highest BCUT2D eigenvalue weighted by Crippen LogP contribution is 2.29. The summed E-state index contributed by atoms with van der Waals surface area (Å²) in [5.41, 5.74) is 1.41. The minimum absolute atomic E-state index is 0.488. The van der Waals surface area contributed by atoms with E-state index in [1.807, 2.05) is 13.0 Å². The Morgan fingerprint density at radius 1 is 1.50 bits per heavy atom. The maximum absolute atomic E-state index is 8.91. The van der Waals surface area contributed by atoms with Crippen LogP contribution >= 0.6 is 0 Å². The zero-order valence-electron chi connectivity index (χ0n) is 9.57. The molecule has 1 heterocycles. The third kappa shape index (κ3) is 2.52. The third-order valence-corrected chi connectivity index (χ3v) is 3.11. The van der Waals surface area contributed by atoms with Crippen LogP contribution in [-0.2, 0) is 0 Å². The van der Waals surface area contributed by atoms with Gasteiger partial charge in [-0.3, -0.25) is 0 Å². The number of aromatic nitrogens is 1. The zero-order valence-corrected chi connectivity index (χ0v) is 9.57. The van der Waals surface area contributed by atoms with Crippen LogP contribution in [0.5, 0.6) is 5.88 Å². The molecule has 0 N–H and O–H groups in total. The van der Waals surface area contributed by atoms with E-state index in [4.69, 9.17) is 10.00 Å². The second-order valence-corrected chi connectivity index (χ2v) is 4.35. The fourth-order valence-electron chi connectivity index (χ4n) is 1.83. The normalized spacial score (nSPS) is 15.2. The zero-order chi connectivity index (χ0) is 11.4. The SMILES string of the molecule is Cc1ccc(C#N)c(OCCC2CCC2)n1. The fourth-order valence-corrected chi connectivity index (χ4v) is 1.83. The molecule has 1 aliphatic rings. The van der Waals surface area contributed by atoms with Crippen LogP contribution in [0.25, 0.3) is 0 Å². The molecule has 0 saturated heterocycles. The number of nitrogens with zero attached hydrogens (tertiary/aromatic N) is 2. The summed E-state index contributed by atoms with van der Waals surface area (Å²) in [7, 11) is 0. The Balaban J connectivity index is 1.91. The second-order valence-electron chi connectivity index (χ2n) is 4.35. The van der Waals surface area contributed by atoms with Gasteiger partial charge in [0.1, 0.15) is 11.6 Å². The van der Waals surface area contributed by atoms with E-state index in [1.54, 1.807) is 6.07 Å². The first-order valence-corrected chi connectivity index (χ1v) is 5.80. The van der Waals surface area contributed by atoms with Gasteiger partial charge in [-0.25, -0.2) is 4.98 Å². The minimum atomic E-state index is 0.488. The van der Waals surface area contributed by atoms with Crippen molar-refractivity contribution >= 4 is 0 Å². The molecule has 1 fully saturated rings. The lowest BCUT2D eigenvalue weighted by Crippen LogP contribution is -2.15. The molecule has 0 spiro atoms. The smallest absolute Gasteiger partial charge is 0.231 e. The standard InChI is InChI=1S/C13H16N2O/c1-10-5-6-12(9-14)13(15-10)16-8-7-11-3-2-4-11/h5-6,11H,2-4,7-8H2,1H3. The molecule has 84 valence electrons. The molecule has 1 aromatic rings. The largest absolute Gasteiger partial charge is 0.477 e. The molecule has 1 saturated carbocycles. The lowest BCUT2D eigenvalue weighted by molar-refractivity contribution is 0.217. The van der Waals surface area contributed by atoms with Crippen LogP contribution in [0.1, 0.15) is 36.9 Å². The van der Waals surface area contributed by atoms with E-state index in [-0.39, 0.29) is 0 Å². The van der Waals surface area contributed by atoms with Gasteiger partial charge in [0.05, 0.1) is 6.61 Å². The van der Waals surface area contributed by atoms with E-state index < -0.39 is 0 Å². The number of hydrogen-bond donors (Lipinski definition) is 0. The molecule has 16 heavy (non-hydrogen) atoms. The van der Waals surface area contributed by atoms with Crippen molar-refractivity contribution in [3.63, 3.8) is 0 Å². The molecular weight excluding hydrogens is 200 g/mol. The Hall–Kier alpha value is -1.56. The predicted molar refractivity (Wildman–Crippen MR) is 61.1 cm³/mol. The van der Waals surface area contributed by atoms with Crippen LogP contribution in [-0.4, -0.2) is 11.6 Å². The van der Waals surface area contributed by atoms with Gasteiger partial charge in [0.25, 0.3) is 0 Å². The van der Waals surface area contributed by atoms with Gasteiger partial charge >= 0.3 is 0 Å². The lowest BCUT2D eigenvalue weighted by Gasteiger charge is -2.24. The van der Waals surface area contributed by atoms with Crippen molar-refractivity contribution in [1.82, 2.24) is 4.98 Å². The van der Waals surface area contributed by atoms with Crippen LogP contribution in [0.2, 0.25) is 0 Å². The minimum Gasteiger partial charge on any atom is -0.477 e.